The van der Waals surface area contributed by atoms with E-state index in [9.17, 15) is 14.4 Å². The Hall–Kier alpha value is -3.03. The fraction of sp³-hybridized carbons (Fsp3) is 0.542. The molecule has 2 rings (SSSR count). The summed E-state index contributed by atoms with van der Waals surface area (Å²) in [6.45, 7) is 11.1. The van der Waals surface area contributed by atoms with E-state index in [4.69, 9.17) is 9.47 Å². The van der Waals surface area contributed by atoms with Crippen molar-refractivity contribution in [3.05, 3.63) is 36.0 Å². The van der Waals surface area contributed by atoms with Crippen LogP contribution in [0, 0.1) is 5.92 Å². The third kappa shape index (κ3) is 7.59. The minimum absolute atomic E-state index is 0.135. The smallest absolute Gasteiger partial charge is 0.408 e. The molecule has 0 fully saturated rings. The van der Waals surface area contributed by atoms with Crippen molar-refractivity contribution in [1.82, 2.24) is 15.6 Å². The standard InChI is InChI=1S/C24H35N3O5/c1-7-31-22(29)20(13-16-14-25-18-11-9-8-10-17(16)18)26-21(28)19(12-15(2)3)27-23(30)32-24(4,5)6/h8-11,14-15,19-20,25H,7,12-13H2,1-6H3,(H,26,28)(H,27,30)/t19-,20-/m0/s1. The van der Waals surface area contributed by atoms with Crippen LogP contribution in [0.15, 0.2) is 30.5 Å². The second-order valence-electron chi connectivity index (χ2n) is 9.21. The van der Waals surface area contributed by atoms with E-state index in [2.05, 4.69) is 15.6 Å². The van der Waals surface area contributed by atoms with Gasteiger partial charge in [-0.3, -0.25) is 4.79 Å². The molecule has 1 heterocycles. The average molecular weight is 446 g/mol. The summed E-state index contributed by atoms with van der Waals surface area (Å²) in [7, 11) is 0. The average Bonchev–Trinajstić information content (AvgIpc) is 3.08. The monoisotopic (exact) mass is 445 g/mol. The Morgan fingerprint density at radius 3 is 2.38 bits per heavy atom. The van der Waals surface area contributed by atoms with Gasteiger partial charge in [0.25, 0.3) is 0 Å². The molecule has 0 aliphatic carbocycles. The quantitative estimate of drug-likeness (QED) is 0.510. The van der Waals surface area contributed by atoms with Crippen molar-refractivity contribution in [2.75, 3.05) is 6.61 Å². The van der Waals surface area contributed by atoms with Crippen LogP contribution in [-0.4, -0.2) is 47.2 Å². The molecular weight excluding hydrogens is 410 g/mol. The van der Waals surface area contributed by atoms with Crippen LogP contribution in [0.5, 0.6) is 0 Å². The van der Waals surface area contributed by atoms with Crippen molar-refractivity contribution in [3.8, 4) is 0 Å². The zero-order valence-electron chi connectivity index (χ0n) is 19.8. The summed E-state index contributed by atoms with van der Waals surface area (Å²) in [6, 6.07) is 6.01. The number of H-pyrrole nitrogens is 1. The normalized spacial score (nSPS) is 13.5. The Bertz CT molecular complexity index is 929. The van der Waals surface area contributed by atoms with E-state index in [1.165, 1.54) is 0 Å². The number of aromatic amines is 1. The van der Waals surface area contributed by atoms with Crippen LogP contribution in [0.25, 0.3) is 10.9 Å². The van der Waals surface area contributed by atoms with Gasteiger partial charge in [0.15, 0.2) is 0 Å². The molecule has 0 saturated heterocycles. The molecule has 2 amide bonds. The molecule has 0 spiro atoms. The highest BCUT2D eigenvalue weighted by Gasteiger charge is 2.30. The molecular formula is C24H35N3O5. The zero-order valence-corrected chi connectivity index (χ0v) is 19.8. The molecule has 0 radical (unpaired) electrons. The number of nitrogens with one attached hydrogen (secondary N) is 3. The molecule has 0 aliphatic heterocycles. The molecule has 3 N–H and O–H groups in total. The molecule has 8 nitrogen and oxygen atoms in total. The van der Waals surface area contributed by atoms with Gasteiger partial charge in [-0.2, -0.15) is 0 Å². The second-order valence-corrected chi connectivity index (χ2v) is 9.21. The zero-order chi connectivity index (χ0) is 23.9. The predicted octanol–water partition coefficient (Wildman–Crippen LogP) is 3.70. The first-order valence-corrected chi connectivity index (χ1v) is 11.0. The van der Waals surface area contributed by atoms with Crippen molar-refractivity contribution < 1.29 is 23.9 Å². The third-order valence-electron chi connectivity index (χ3n) is 4.70. The molecule has 2 atom stereocenters. The van der Waals surface area contributed by atoms with E-state index in [1.807, 2.05) is 44.3 Å². The van der Waals surface area contributed by atoms with E-state index in [-0.39, 0.29) is 18.9 Å². The number of amides is 2. The summed E-state index contributed by atoms with van der Waals surface area (Å²) in [5.41, 5.74) is 1.14. The molecule has 0 saturated carbocycles. The van der Waals surface area contributed by atoms with Gasteiger partial charge in [0.1, 0.15) is 17.7 Å². The Kier molecular flexibility index (Phi) is 8.69. The summed E-state index contributed by atoms with van der Waals surface area (Å²) in [5.74, 6) is -0.843. The van der Waals surface area contributed by atoms with Gasteiger partial charge in [-0.25, -0.2) is 9.59 Å². The van der Waals surface area contributed by atoms with E-state index in [0.29, 0.717) is 6.42 Å². The maximum atomic E-state index is 13.1. The van der Waals surface area contributed by atoms with Crippen LogP contribution in [0.4, 0.5) is 4.79 Å². The second kappa shape index (κ2) is 11.0. The first-order valence-electron chi connectivity index (χ1n) is 11.0. The number of esters is 1. The fourth-order valence-electron chi connectivity index (χ4n) is 3.38. The van der Waals surface area contributed by atoms with Gasteiger partial charge < -0.3 is 25.1 Å². The highest BCUT2D eigenvalue weighted by atomic mass is 16.6. The lowest BCUT2D eigenvalue weighted by Crippen LogP contribution is -2.53. The third-order valence-corrected chi connectivity index (χ3v) is 4.70. The molecule has 1 aromatic heterocycles. The highest BCUT2D eigenvalue weighted by Crippen LogP contribution is 2.20. The first-order chi connectivity index (χ1) is 15.0. The lowest BCUT2D eigenvalue weighted by Gasteiger charge is -2.25. The van der Waals surface area contributed by atoms with Crippen molar-refractivity contribution >= 4 is 28.9 Å². The van der Waals surface area contributed by atoms with Crippen LogP contribution in [-0.2, 0) is 25.5 Å². The number of benzene rings is 1. The van der Waals surface area contributed by atoms with Crippen molar-refractivity contribution in [2.45, 2.75) is 72.1 Å². The minimum Gasteiger partial charge on any atom is -0.464 e. The van der Waals surface area contributed by atoms with Crippen molar-refractivity contribution in [3.63, 3.8) is 0 Å². The SMILES string of the molecule is CCOC(=O)[C@H](Cc1c[nH]c2ccccc12)NC(=O)[C@H](CC(C)C)NC(=O)OC(C)(C)C. The Labute approximate surface area is 189 Å². The lowest BCUT2D eigenvalue weighted by molar-refractivity contribution is -0.147. The number of ether oxygens (including phenoxy) is 2. The van der Waals surface area contributed by atoms with E-state index < -0.39 is 35.7 Å². The Morgan fingerprint density at radius 2 is 1.75 bits per heavy atom. The number of fused-ring (bicyclic) bond motifs is 1. The number of aromatic nitrogens is 1. The molecule has 32 heavy (non-hydrogen) atoms. The van der Waals surface area contributed by atoms with Crippen LogP contribution >= 0.6 is 0 Å². The minimum atomic E-state index is -0.892. The number of hydrogen-bond acceptors (Lipinski definition) is 5. The molecule has 0 aliphatic rings. The predicted molar refractivity (Wildman–Crippen MR) is 123 cm³/mol. The fourth-order valence-corrected chi connectivity index (χ4v) is 3.38. The molecule has 2 aromatic rings. The van der Waals surface area contributed by atoms with Crippen LogP contribution in [0.1, 0.15) is 53.5 Å². The number of hydrogen-bond donors (Lipinski definition) is 3. The van der Waals surface area contributed by atoms with Crippen molar-refractivity contribution in [2.24, 2.45) is 5.92 Å². The maximum Gasteiger partial charge on any atom is 0.408 e. The van der Waals surface area contributed by atoms with Gasteiger partial charge >= 0.3 is 12.1 Å². The maximum absolute atomic E-state index is 13.1. The van der Waals surface area contributed by atoms with Crippen LogP contribution in [0.2, 0.25) is 0 Å². The topological polar surface area (TPSA) is 110 Å². The number of carbonyl (C=O) groups excluding carboxylic acids is 3. The van der Waals surface area contributed by atoms with Gasteiger partial charge in [-0.1, -0.05) is 32.0 Å². The molecule has 8 heteroatoms. The number of alkyl carbamates (subject to hydrolysis) is 1. The van der Waals surface area contributed by atoms with Crippen LogP contribution < -0.4 is 10.6 Å². The van der Waals surface area contributed by atoms with Crippen LogP contribution in [0.3, 0.4) is 0 Å². The summed E-state index contributed by atoms with van der Waals surface area (Å²) < 4.78 is 10.5. The lowest BCUT2D eigenvalue weighted by atomic mass is 10.0. The van der Waals surface area contributed by atoms with E-state index in [0.717, 1.165) is 16.5 Å². The Morgan fingerprint density at radius 1 is 1.06 bits per heavy atom. The van der Waals surface area contributed by atoms with Gasteiger partial charge in [0.2, 0.25) is 5.91 Å². The van der Waals surface area contributed by atoms with Gasteiger partial charge in [-0.05, 0) is 51.7 Å². The number of para-hydroxylation sites is 1. The molecule has 0 bridgehead atoms. The van der Waals surface area contributed by atoms with Gasteiger partial charge in [-0.15, -0.1) is 0 Å². The molecule has 0 unspecified atom stereocenters. The largest absolute Gasteiger partial charge is 0.464 e. The first kappa shape index (κ1) is 25.2. The van der Waals surface area contributed by atoms with Gasteiger partial charge in [0.05, 0.1) is 6.61 Å². The van der Waals surface area contributed by atoms with Crippen molar-refractivity contribution in [1.29, 1.82) is 0 Å². The molecule has 1 aromatic carbocycles. The molecule has 176 valence electrons. The van der Waals surface area contributed by atoms with E-state index >= 15 is 0 Å². The van der Waals surface area contributed by atoms with E-state index in [1.54, 1.807) is 27.7 Å². The summed E-state index contributed by atoms with van der Waals surface area (Å²) in [6.07, 6.45) is 1.80. The highest BCUT2D eigenvalue weighted by molar-refractivity contribution is 5.90. The summed E-state index contributed by atoms with van der Waals surface area (Å²) in [5, 5.41) is 6.39. The summed E-state index contributed by atoms with van der Waals surface area (Å²) in [4.78, 5) is 41.2. The number of rotatable bonds is 9. The number of carbonyl (C=O) groups is 3. The summed E-state index contributed by atoms with van der Waals surface area (Å²) >= 11 is 0. The van der Waals surface area contributed by atoms with Gasteiger partial charge in [0, 0.05) is 23.5 Å². The Balaban J connectivity index is 2.19.